The fourth-order valence-electron chi connectivity index (χ4n) is 1.23. The molecule has 0 aliphatic heterocycles. The van der Waals surface area contributed by atoms with Crippen LogP contribution in [0.5, 0.6) is 0 Å². The van der Waals surface area contributed by atoms with Crippen molar-refractivity contribution in [2.75, 3.05) is 11.5 Å². The summed E-state index contributed by atoms with van der Waals surface area (Å²) in [4.78, 5) is 10.7. The van der Waals surface area contributed by atoms with Gasteiger partial charge < -0.3 is 15.9 Å². The van der Waals surface area contributed by atoms with Crippen LogP contribution in [-0.2, 0) is 4.79 Å². The standard InChI is InChI=1S/C9H15N3O3S/c1-5(13)16-3-2-7(14)8(15)6-4-11-12-9(6)10/h4,7-8,14-15H,2-3H2,1H3,(H3,10,11,12). The Bertz CT molecular complexity index is 356. The second-order valence-corrected chi connectivity index (χ2v) is 4.65. The van der Waals surface area contributed by atoms with Crippen molar-refractivity contribution in [2.24, 2.45) is 0 Å². The maximum atomic E-state index is 10.7. The molecule has 90 valence electrons. The SMILES string of the molecule is CC(=O)SCCC(O)C(O)c1cn[nH]c1N. The normalized spacial score (nSPS) is 14.7. The monoisotopic (exact) mass is 245 g/mol. The highest BCUT2D eigenvalue weighted by atomic mass is 32.2. The summed E-state index contributed by atoms with van der Waals surface area (Å²) < 4.78 is 0. The maximum absolute atomic E-state index is 10.7. The molecule has 6 nitrogen and oxygen atoms in total. The van der Waals surface area contributed by atoms with Gasteiger partial charge in [-0.15, -0.1) is 0 Å². The van der Waals surface area contributed by atoms with Gasteiger partial charge in [0.25, 0.3) is 0 Å². The molecule has 0 bridgehead atoms. The first kappa shape index (κ1) is 13.0. The number of aliphatic hydroxyl groups excluding tert-OH is 2. The smallest absolute Gasteiger partial charge is 0.185 e. The van der Waals surface area contributed by atoms with Crippen LogP contribution >= 0.6 is 11.8 Å². The van der Waals surface area contributed by atoms with Crippen molar-refractivity contribution < 1.29 is 15.0 Å². The van der Waals surface area contributed by atoms with Crippen LogP contribution in [-0.4, -0.2) is 37.4 Å². The van der Waals surface area contributed by atoms with Crippen molar-refractivity contribution in [3.63, 3.8) is 0 Å². The van der Waals surface area contributed by atoms with E-state index in [1.165, 1.54) is 13.1 Å². The van der Waals surface area contributed by atoms with Crippen LogP contribution in [0.1, 0.15) is 25.0 Å². The second kappa shape index (κ2) is 5.88. The summed E-state index contributed by atoms with van der Waals surface area (Å²) in [7, 11) is 0. The summed E-state index contributed by atoms with van der Waals surface area (Å²) in [5.74, 6) is 0.705. The molecule has 1 aromatic heterocycles. The summed E-state index contributed by atoms with van der Waals surface area (Å²) >= 11 is 1.11. The predicted octanol–water partition coefficient (Wildman–Crippen LogP) is 0.0560. The molecule has 1 rings (SSSR count). The lowest BCUT2D eigenvalue weighted by atomic mass is 10.1. The Kier molecular flexibility index (Phi) is 4.78. The molecular formula is C9H15N3O3S. The highest BCUT2D eigenvalue weighted by Gasteiger charge is 2.21. The summed E-state index contributed by atoms with van der Waals surface area (Å²) in [5.41, 5.74) is 5.88. The number of aliphatic hydroxyl groups is 2. The number of thioether (sulfide) groups is 1. The fraction of sp³-hybridized carbons (Fsp3) is 0.556. The van der Waals surface area contributed by atoms with Crippen LogP contribution < -0.4 is 5.73 Å². The summed E-state index contributed by atoms with van der Waals surface area (Å²) in [6.07, 6.45) is -0.338. The van der Waals surface area contributed by atoms with Crippen molar-refractivity contribution in [2.45, 2.75) is 25.6 Å². The van der Waals surface area contributed by atoms with Crippen LogP contribution in [0.25, 0.3) is 0 Å². The van der Waals surface area contributed by atoms with Gasteiger partial charge in [0, 0.05) is 18.2 Å². The highest BCUT2D eigenvalue weighted by molar-refractivity contribution is 8.13. The number of H-pyrrole nitrogens is 1. The van der Waals surface area contributed by atoms with E-state index in [1.54, 1.807) is 0 Å². The number of hydrogen-bond acceptors (Lipinski definition) is 6. The minimum Gasteiger partial charge on any atom is -0.390 e. The molecule has 0 spiro atoms. The van der Waals surface area contributed by atoms with E-state index in [4.69, 9.17) is 5.73 Å². The largest absolute Gasteiger partial charge is 0.390 e. The zero-order valence-corrected chi connectivity index (χ0v) is 9.70. The Balaban J connectivity index is 2.45. The summed E-state index contributed by atoms with van der Waals surface area (Å²) in [6, 6.07) is 0. The van der Waals surface area contributed by atoms with Gasteiger partial charge >= 0.3 is 0 Å². The second-order valence-electron chi connectivity index (χ2n) is 3.38. The zero-order chi connectivity index (χ0) is 12.1. The molecule has 5 N–H and O–H groups in total. The molecule has 1 heterocycles. The van der Waals surface area contributed by atoms with Gasteiger partial charge in [-0.1, -0.05) is 11.8 Å². The zero-order valence-electron chi connectivity index (χ0n) is 8.88. The highest BCUT2D eigenvalue weighted by Crippen LogP contribution is 2.23. The van der Waals surface area contributed by atoms with Crippen LogP contribution in [0.15, 0.2) is 6.20 Å². The molecule has 0 saturated heterocycles. The number of carbonyl (C=O) groups is 1. The van der Waals surface area contributed by atoms with E-state index in [0.717, 1.165) is 11.8 Å². The van der Waals surface area contributed by atoms with Gasteiger partial charge in [-0.2, -0.15) is 5.10 Å². The van der Waals surface area contributed by atoms with E-state index in [9.17, 15) is 15.0 Å². The van der Waals surface area contributed by atoms with E-state index in [-0.39, 0.29) is 10.9 Å². The molecule has 0 fully saturated rings. The summed E-state index contributed by atoms with van der Waals surface area (Å²) in [5, 5.41) is 25.5. The van der Waals surface area contributed by atoms with Gasteiger partial charge in [0.15, 0.2) is 5.12 Å². The van der Waals surface area contributed by atoms with Gasteiger partial charge in [-0.3, -0.25) is 9.89 Å². The number of rotatable bonds is 5. The van der Waals surface area contributed by atoms with Crippen molar-refractivity contribution >= 4 is 22.7 Å². The lowest BCUT2D eigenvalue weighted by molar-refractivity contribution is -0.109. The Morgan fingerprint density at radius 1 is 1.69 bits per heavy atom. The number of anilines is 1. The number of aromatic nitrogens is 2. The third-order valence-corrected chi connectivity index (χ3v) is 2.95. The molecule has 2 atom stereocenters. The first-order chi connectivity index (χ1) is 7.52. The van der Waals surface area contributed by atoms with Gasteiger partial charge in [0.1, 0.15) is 11.9 Å². The molecule has 0 aliphatic carbocycles. The number of nitrogens with one attached hydrogen (secondary N) is 1. The van der Waals surface area contributed by atoms with Crippen molar-refractivity contribution in [1.29, 1.82) is 0 Å². The van der Waals surface area contributed by atoms with E-state index in [0.29, 0.717) is 17.7 Å². The van der Waals surface area contributed by atoms with Gasteiger partial charge in [-0.25, -0.2) is 0 Å². The van der Waals surface area contributed by atoms with Crippen LogP contribution in [0.2, 0.25) is 0 Å². The first-order valence-electron chi connectivity index (χ1n) is 4.80. The van der Waals surface area contributed by atoms with Gasteiger partial charge in [-0.05, 0) is 6.42 Å². The van der Waals surface area contributed by atoms with E-state index in [1.807, 2.05) is 0 Å². The molecule has 0 radical (unpaired) electrons. The van der Waals surface area contributed by atoms with E-state index in [2.05, 4.69) is 10.2 Å². The molecule has 0 aliphatic rings. The van der Waals surface area contributed by atoms with E-state index < -0.39 is 12.2 Å². The average Bonchev–Trinajstić information content (AvgIpc) is 2.62. The molecule has 0 saturated carbocycles. The lowest BCUT2D eigenvalue weighted by Gasteiger charge is -2.16. The number of carbonyl (C=O) groups excluding carboxylic acids is 1. The first-order valence-corrected chi connectivity index (χ1v) is 5.79. The number of nitrogens with zero attached hydrogens (tertiary/aromatic N) is 1. The maximum Gasteiger partial charge on any atom is 0.185 e. The molecular weight excluding hydrogens is 230 g/mol. The van der Waals surface area contributed by atoms with Crippen LogP contribution in [0.4, 0.5) is 5.82 Å². The lowest BCUT2D eigenvalue weighted by Crippen LogP contribution is -2.19. The topological polar surface area (TPSA) is 112 Å². The van der Waals surface area contributed by atoms with Gasteiger partial charge in [0.05, 0.1) is 12.3 Å². The van der Waals surface area contributed by atoms with Gasteiger partial charge in [0.2, 0.25) is 0 Å². The van der Waals surface area contributed by atoms with Crippen molar-refractivity contribution in [1.82, 2.24) is 10.2 Å². The quantitative estimate of drug-likeness (QED) is 0.583. The third-order valence-electron chi connectivity index (χ3n) is 2.10. The number of nitrogen functional groups attached to an aromatic ring is 1. The van der Waals surface area contributed by atoms with Crippen molar-refractivity contribution in [3.8, 4) is 0 Å². The molecule has 16 heavy (non-hydrogen) atoms. The Morgan fingerprint density at radius 3 is 2.88 bits per heavy atom. The minimum absolute atomic E-state index is 0.00971. The molecule has 0 aromatic carbocycles. The predicted molar refractivity (Wildman–Crippen MR) is 61.7 cm³/mol. The number of aromatic amines is 1. The Morgan fingerprint density at radius 2 is 2.38 bits per heavy atom. The van der Waals surface area contributed by atoms with Crippen LogP contribution in [0, 0.1) is 0 Å². The number of nitrogens with two attached hydrogens (primary N) is 1. The molecule has 0 amide bonds. The Labute approximate surface area is 97.2 Å². The minimum atomic E-state index is -1.08. The molecule has 7 heteroatoms. The summed E-state index contributed by atoms with van der Waals surface area (Å²) in [6.45, 7) is 1.46. The Hall–Kier alpha value is -1.05. The average molecular weight is 245 g/mol. The fourth-order valence-corrected chi connectivity index (χ4v) is 1.88. The third kappa shape index (κ3) is 3.51. The molecule has 2 unspecified atom stereocenters. The molecule has 1 aromatic rings. The van der Waals surface area contributed by atoms with Crippen molar-refractivity contribution in [3.05, 3.63) is 11.8 Å². The number of hydrogen-bond donors (Lipinski definition) is 4. The van der Waals surface area contributed by atoms with E-state index >= 15 is 0 Å². The van der Waals surface area contributed by atoms with Crippen LogP contribution in [0.3, 0.4) is 0 Å².